The number of hydrogen-bond donors (Lipinski definition) is 1. The number of aliphatic hydroxyl groups excluding tert-OH is 1. The summed E-state index contributed by atoms with van der Waals surface area (Å²) in [5.41, 5.74) is 1.76. The smallest absolute Gasteiger partial charge is 0.187 e. The average molecular weight is 391 g/mol. The highest BCUT2D eigenvalue weighted by molar-refractivity contribution is 7.92. The molecule has 3 aromatic carbocycles. The summed E-state index contributed by atoms with van der Waals surface area (Å²) >= 11 is 0. The Morgan fingerprint density at radius 2 is 1.07 bits per heavy atom. The van der Waals surface area contributed by atoms with Crippen LogP contribution in [0.5, 0.6) is 0 Å². The Balaban J connectivity index is 1.94. The largest absolute Gasteiger partial charge is 0.387 e. The maximum atomic E-state index is 13.2. The first-order valence-corrected chi connectivity index (χ1v) is 10.6. The first-order chi connectivity index (χ1) is 13.6. The SMILES string of the molecule is O=S(=O)(c1ccccc1)C(/C=C/c1ccccc1)C(O)/C=C/c1ccccc1. The Labute approximate surface area is 166 Å². The van der Waals surface area contributed by atoms with Gasteiger partial charge in [-0.3, -0.25) is 0 Å². The third-order valence-electron chi connectivity index (χ3n) is 4.33. The van der Waals surface area contributed by atoms with E-state index in [2.05, 4.69) is 0 Å². The molecule has 0 fully saturated rings. The summed E-state index contributed by atoms with van der Waals surface area (Å²) in [5, 5.41) is 9.63. The molecular weight excluding hydrogens is 368 g/mol. The van der Waals surface area contributed by atoms with Crippen molar-refractivity contribution in [2.75, 3.05) is 0 Å². The molecule has 3 rings (SSSR count). The lowest BCUT2D eigenvalue weighted by atomic mass is 10.1. The Morgan fingerprint density at radius 3 is 1.57 bits per heavy atom. The van der Waals surface area contributed by atoms with Gasteiger partial charge in [0, 0.05) is 0 Å². The lowest BCUT2D eigenvalue weighted by molar-refractivity contribution is 0.229. The van der Waals surface area contributed by atoms with Crippen LogP contribution in [0.1, 0.15) is 11.1 Å². The highest BCUT2D eigenvalue weighted by Gasteiger charge is 2.30. The van der Waals surface area contributed by atoms with Crippen molar-refractivity contribution in [1.29, 1.82) is 0 Å². The minimum Gasteiger partial charge on any atom is -0.387 e. The Morgan fingerprint density at radius 1 is 0.643 bits per heavy atom. The maximum absolute atomic E-state index is 13.2. The van der Waals surface area contributed by atoms with E-state index in [0.717, 1.165) is 11.1 Å². The van der Waals surface area contributed by atoms with Crippen LogP contribution in [0.4, 0.5) is 0 Å². The van der Waals surface area contributed by atoms with Crippen LogP contribution in [0.15, 0.2) is 108 Å². The van der Waals surface area contributed by atoms with Gasteiger partial charge in [-0.25, -0.2) is 8.42 Å². The summed E-state index contributed by atoms with van der Waals surface area (Å²) < 4.78 is 26.3. The second-order valence-corrected chi connectivity index (χ2v) is 8.46. The highest BCUT2D eigenvalue weighted by atomic mass is 32.2. The molecule has 0 bridgehead atoms. The van der Waals surface area contributed by atoms with Crippen LogP contribution in [-0.2, 0) is 9.84 Å². The lowest BCUT2D eigenvalue weighted by Crippen LogP contribution is -2.31. The average Bonchev–Trinajstić information content (AvgIpc) is 2.74. The highest BCUT2D eigenvalue weighted by Crippen LogP contribution is 2.22. The molecule has 0 aliphatic rings. The fourth-order valence-electron chi connectivity index (χ4n) is 2.82. The summed E-state index contributed by atoms with van der Waals surface area (Å²) in [6.07, 6.45) is 5.35. The molecule has 142 valence electrons. The van der Waals surface area contributed by atoms with Crippen LogP contribution in [0.3, 0.4) is 0 Å². The van der Waals surface area contributed by atoms with Gasteiger partial charge in [-0.1, -0.05) is 103 Å². The zero-order valence-electron chi connectivity index (χ0n) is 15.3. The molecule has 2 unspecified atom stereocenters. The number of hydrogen-bond acceptors (Lipinski definition) is 3. The number of sulfone groups is 1. The van der Waals surface area contributed by atoms with Crippen molar-refractivity contribution in [3.63, 3.8) is 0 Å². The molecule has 28 heavy (non-hydrogen) atoms. The second-order valence-electron chi connectivity index (χ2n) is 6.35. The number of aliphatic hydroxyl groups is 1. The van der Waals surface area contributed by atoms with Crippen molar-refractivity contribution in [2.24, 2.45) is 0 Å². The summed E-state index contributed by atoms with van der Waals surface area (Å²) in [5.74, 6) is 0. The minimum absolute atomic E-state index is 0.185. The van der Waals surface area contributed by atoms with E-state index in [1.165, 1.54) is 6.08 Å². The van der Waals surface area contributed by atoms with Gasteiger partial charge in [0.2, 0.25) is 0 Å². The number of rotatable bonds is 7. The summed E-state index contributed by atoms with van der Waals surface area (Å²) in [4.78, 5) is 0.185. The molecule has 0 radical (unpaired) electrons. The van der Waals surface area contributed by atoms with Gasteiger partial charge in [0.05, 0.1) is 11.0 Å². The molecule has 0 spiro atoms. The van der Waals surface area contributed by atoms with Crippen LogP contribution in [0, 0.1) is 0 Å². The van der Waals surface area contributed by atoms with Gasteiger partial charge in [0.1, 0.15) is 5.25 Å². The zero-order valence-corrected chi connectivity index (χ0v) is 16.1. The molecule has 0 heterocycles. The Kier molecular flexibility index (Phi) is 6.58. The van der Waals surface area contributed by atoms with E-state index >= 15 is 0 Å². The van der Waals surface area contributed by atoms with Gasteiger partial charge in [0.25, 0.3) is 0 Å². The molecule has 2 atom stereocenters. The van der Waals surface area contributed by atoms with Crippen LogP contribution in [0.25, 0.3) is 12.2 Å². The van der Waals surface area contributed by atoms with Crippen molar-refractivity contribution < 1.29 is 13.5 Å². The maximum Gasteiger partial charge on any atom is 0.187 e. The summed E-state index contributed by atoms with van der Waals surface area (Å²) in [6, 6.07) is 27.1. The fourth-order valence-corrected chi connectivity index (χ4v) is 4.42. The van der Waals surface area contributed by atoms with Crippen molar-refractivity contribution in [3.05, 3.63) is 114 Å². The molecule has 0 saturated carbocycles. The van der Waals surface area contributed by atoms with Gasteiger partial charge >= 0.3 is 0 Å². The third kappa shape index (κ3) is 5.06. The standard InChI is InChI=1S/C24H22O3S/c25-23(18-16-20-10-4-1-5-11-20)24(19-17-21-12-6-2-7-13-21)28(26,27)22-14-8-3-9-15-22/h1-19,23-25H/b18-16+,19-17+. The van der Waals surface area contributed by atoms with E-state index in [1.807, 2.05) is 60.7 Å². The van der Waals surface area contributed by atoms with E-state index in [-0.39, 0.29) is 4.90 Å². The van der Waals surface area contributed by atoms with Crippen molar-refractivity contribution in [1.82, 2.24) is 0 Å². The van der Waals surface area contributed by atoms with Crippen LogP contribution in [0.2, 0.25) is 0 Å². The molecule has 0 aromatic heterocycles. The Hall–Kier alpha value is -2.95. The molecular formula is C24H22O3S. The summed E-state index contributed by atoms with van der Waals surface area (Å²) in [6.45, 7) is 0. The van der Waals surface area contributed by atoms with Crippen LogP contribution in [-0.4, -0.2) is 24.9 Å². The fraction of sp³-hybridized carbons (Fsp3) is 0.0833. The normalized spacial score (nSPS) is 14.3. The van der Waals surface area contributed by atoms with Gasteiger partial charge in [-0.05, 0) is 23.3 Å². The molecule has 0 amide bonds. The monoisotopic (exact) mass is 390 g/mol. The zero-order chi connectivity index (χ0) is 19.8. The molecule has 3 aromatic rings. The predicted molar refractivity (Wildman–Crippen MR) is 114 cm³/mol. The first-order valence-electron chi connectivity index (χ1n) is 9.01. The number of benzene rings is 3. The minimum atomic E-state index is -3.76. The molecule has 1 N–H and O–H groups in total. The molecule has 0 saturated heterocycles. The molecule has 0 aliphatic heterocycles. The topological polar surface area (TPSA) is 54.4 Å². The van der Waals surface area contributed by atoms with Gasteiger partial charge in [0.15, 0.2) is 9.84 Å². The van der Waals surface area contributed by atoms with E-state index in [0.29, 0.717) is 0 Å². The van der Waals surface area contributed by atoms with Crippen molar-refractivity contribution >= 4 is 22.0 Å². The van der Waals surface area contributed by atoms with Crippen molar-refractivity contribution in [3.8, 4) is 0 Å². The van der Waals surface area contributed by atoms with Crippen LogP contribution < -0.4 is 0 Å². The first kappa shape index (κ1) is 19.8. The summed E-state index contributed by atoms with van der Waals surface area (Å²) in [7, 11) is -3.76. The molecule has 4 heteroatoms. The van der Waals surface area contributed by atoms with Gasteiger partial charge in [-0.15, -0.1) is 0 Å². The Bertz CT molecular complexity index is 1020. The van der Waals surface area contributed by atoms with Crippen LogP contribution >= 0.6 is 0 Å². The third-order valence-corrected chi connectivity index (χ3v) is 6.41. The molecule has 3 nitrogen and oxygen atoms in total. The lowest BCUT2D eigenvalue weighted by Gasteiger charge is -2.18. The van der Waals surface area contributed by atoms with Gasteiger partial charge < -0.3 is 5.11 Å². The quantitative estimate of drug-likeness (QED) is 0.641. The predicted octanol–water partition coefficient (Wildman–Crippen LogP) is 4.62. The van der Waals surface area contributed by atoms with E-state index in [4.69, 9.17) is 0 Å². The molecule has 0 aliphatic carbocycles. The van der Waals surface area contributed by atoms with E-state index in [1.54, 1.807) is 48.6 Å². The van der Waals surface area contributed by atoms with Crippen molar-refractivity contribution in [2.45, 2.75) is 16.2 Å². The van der Waals surface area contributed by atoms with E-state index in [9.17, 15) is 13.5 Å². The van der Waals surface area contributed by atoms with E-state index < -0.39 is 21.2 Å². The van der Waals surface area contributed by atoms with Gasteiger partial charge in [-0.2, -0.15) is 0 Å². The second kappa shape index (κ2) is 9.31.